The van der Waals surface area contributed by atoms with Crippen LogP contribution in [0.5, 0.6) is 0 Å². The summed E-state index contributed by atoms with van der Waals surface area (Å²) in [6, 6.07) is 17.0. The molecule has 1 heterocycles. The van der Waals surface area contributed by atoms with Crippen molar-refractivity contribution in [1.82, 2.24) is 10.3 Å². The predicted octanol–water partition coefficient (Wildman–Crippen LogP) is 3.78. The fourth-order valence-electron chi connectivity index (χ4n) is 1.82. The smallest absolute Gasteiger partial charge is 0.307 e. The van der Waals surface area contributed by atoms with Crippen molar-refractivity contribution in [2.45, 2.75) is 20.4 Å². The molecule has 0 saturated carbocycles. The maximum absolute atomic E-state index is 11.9. The van der Waals surface area contributed by atoms with E-state index in [-0.39, 0.29) is 11.8 Å². The lowest BCUT2D eigenvalue weighted by Crippen LogP contribution is -2.22. The average molecular weight is 282 g/mol. The largest absolute Gasteiger partial charge is 0.432 e. The molecule has 4 heteroatoms. The summed E-state index contributed by atoms with van der Waals surface area (Å²) in [6.45, 7) is 4.46. The minimum Gasteiger partial charge on any atom is -0.432 e. The first-order valence-electron chi connectivity index (χ1n) is 7.00. The van der Waals surface area contributed by atoms with Gasteiger partial charge in [0.05, 0.1) is 0 Å². The molecule has 3 rings (SSSR count). The van der Waals surface area contributed by atoms with E-state index in [9.17, 15) is 4.79 Å². The number of hydrogen-bond acceptors (Lipinski definition) is 3. The number of para-hydroxylation sites is 2. The van der Waals surface area contributed by atoms with Gasteiger partial charge >= 0.3 is 5.91 Å². The van der Waals surface area contributed by atoms with E-state index in [2.05, 4.69) is 10.3 Å². The number of hydrogen-bond donors (Lipinski definition) is 1. The van der Waals surface area contributed by atoms with Gasteiger partial charge in [0.25, 0.3) is 5.89 Å². The van der Waals surface area contributed by atoms with Crippen molar-refractivity contribution in [3.63, 3.8) is 0 Å². The topological polar surface area (TPSA) is 55.1 Å². The molecule has 1 aromatic heterocycles. The minimum absolute atomic E-state index is 0.0946. The Balaban J connectivity index is 0.000000774. The normalized spacial score (nSPS) is 9.81. The summed E-state index contributed by atoms with van der Waals surface area (Å²) in [4.78, 5) is 16.1. The van der Waals surface area contributed by atoms with Crippen molar-refractivity contribution in [2.24, 2.45) is 0 Å². The molecule has 108 valence electrons. The molecule has 0 aliphatic rings. The summed E-state index contributed by atoms with van der Waals surface area (Å²) >= 11 is 0. The quantitative estimate of drug-likeness (QED) is 0.795. The Kier molecular flexibility index (Phi) is 5.10. The van der Waals surface area contributed by atoms with Gasteiger partial charge in [0, 0.05) is 6.54 Å². The highest BCUT2D eigenvalue weighted by atomic mass is 16.4. The van der Waals surface area contributed by atoms with Crippen LogP contribution in [0.1, 0.15) is 30.1 Å². The number of rotatable bonds is 3. The zero-order chi connectivity index (χ0) is 15.1. The average Bonchev–Trinajstić information content (AvgIpc) is 2.99. The number of aromatic nitrogens is 1. The fourth-order valence-corrected chi connectivity index (χ4v) is 1.82. The Morgan fingerprint density at radius 2 is 1.71 bits per heavy atom. The van der Waals surface area contributed by atoms with E-state index in [1.807, 2.05) is 62.4 Å². The molecule has 0 bridgehead atoms. The van der Waals surface area contributed by atoms with E-state index in [1.165, 1.54) is 0 Å². The van der Waals surface area contributed by atoms with Crippen molar-refractivity contribution in [2.75, 3.05) is 0 Å². The number of benzene rings is 2. The molecule has 0 aliphatic heterocycles. The number of oxazole rings is 1. The molecular formula is C17H18N2O2. The van der Waals surface area contributed by atoms with Gasteiger partial charge in [-0.15, -0.1) is 0 Å². The van der Waals surface area contributed by atoms with Crippen molar-refractivity contribution >= 4 is 17.0 Å². The van der Waals surface area contributed by atoms with Gasteiger partial charge in [-0.25, -0.2) is 4.98 Å². The molecule has 0 unspecified atom stereocenters. The predicted molar refractivity (Wildman–Crippen MR) is 83.0 cm³/mol. The monoisotopic (exact) mass is 282 g/mol. The van der Waals surface area contributed by atoms with E-state index >= 15 is 0 Å². The lowest BCUT2D eigenvalue weighted by molar-refractivity contribution is 0.0918. The third kappa shape index (κ3) is 3.69. The Hall–Kier alpha value is -2.62. The first-order chi connectivity index (χ1) is 10.3. The SMILES string of the molecule is CC.O=C(NCc1ccccc1)c1nc2ccccc2o1. The second-order valence-electron chi connectivity index (χ2n) is 4.16. The van der Waals surface area contributed by atoms with Gasteiger partial charge in [0.15, 0.2) is 5.58 Å². The van der Waals surface area contributed by atoms with Gasteiger partial charge in [0.2, 0.25) is 0 Å². The van der Waals surface area contributed by atoms with Crippen LogP contribution < -0.4 is 5.32 Å². The maximum Gasteiger partial charge on any atom is 0.307 e. The highest BCUT2D eigenvalue weighted by molar-refractivity contribution is 5.92. The Bertz CT molecular complexity index is 672. The molecule has 1 N–H and O–H groups in total. The minimum atomic E-state index is -0.306. The number of fused-ring (bicyclic) bond motifs is 1. The van der Waals surface area contributed by atoms with Crippen LogP contribution in [0.4, 0.5) is 0 Å². The second-order valence-corrected chi connectivity index (χ2v) is 4.16. The number of carbonyl (C=O) groups excluding carboxylic acids is 1. The van der Waals surface area contributed by atoms with Crippen molar-refractivity contribution < 1.29 is 9.21 Å². The van der Waals surface area contributed by atoms with Crippen molar-refractivity contribution in [1.29, 1.82) is 0 Å². The number of nitrogens with zero attached hydrogens (tertiary/aromatic N) is 1. The molecule has 0 aliphatic carbocycles. The molecule has 0 fully saturated rings. The summed E-state index contributed by atoms with van der Waals surface area (Å²) < 4.78 is 5.40. The number of amides is 1. The fraction of sp³-hybridized carbons (Fsp3) is 0.176. The van der Waals surface area contributed by atoms with Crippen molar-refractivity contribution in [3.05, 3.63) is 66.1 Å². The molecule has 0 radical (unpaired) electrons. The van der Waals surface area contributed by atoms with Crippen LogP contribution in [0.2, 0.25) is 0 Å². The third-order valence-electron chi connectivity index (χ3n) is 2.78. The zero-order valence-corrected chi connectivity index (χ0v) is 12.2. The highest BCUT2D eigenvalue weighted by Crippen LogP contribution is 2.14. The first kappa shape index (κ1) is 14.8. The number of carbonyl (C=O) groups is 1. The van der Waals surface area contributed by atoms with Crippen LogP contribution in [0.25, 0.3) is 11.1 Å². The van der Waals surface area contributed by atoms with E-state index < -0.39 is 0 Å². The van der Waals surface area contributed by atoms with Crippen LogP contribution in [0.15, 0.2) is 59.0 Å². The lowest BCUT2D eigenvalue weighted by Gasteiger charge is -2.01. The molecule has 4 nitrogen and oxygen atoms in total. The van der Waals surface area contributed by atoms with E-state index in [0.29, 0.717) is 17.6 Å². The molecule has 3 aromatic rings. The standard InChI is InChI=1S/C15H12N2O2.C2H6/c18-14(16-10-11-6-2-1-3-7-11)15-17-12-8-4-5-9-13(12)19-15;1-2/h1-9H,10H2,(H,16,18);1-2H3. The van der Waals surface area contributed by atoms with Gasteiger partial charge in [-0.2, -0.15) is 0 Å². The van der Waals surface area contributed by atoms with Gasteiger partial charge in [-0.3, -0.25) is 4.79 Å². The third-order valence-corrected chi connectivity index (χ3v) is 2.78. The zero-order valence-electron chi connectivity index (χ0n) is 12.2. The van der Waals surface area contributed by atoms with Gasteiger partial charge in [-0.1, -0.05) is 56.3 Å². The van der Waals surface area contributed by atoms with E-state index in [0.717, 1.165) is 5.56 Å². The molecule has 0 spiro atoms. The first-order valence-corrected chi connectivity index (χ1v) is 7.00. The van der Waals surface area contributed by atoms with Crippen molar-refractivity contribution in [3.8, 4) is 0 Å². The summed E-state index contributed by atoms with van der Waals surface area (Å²) in [6.07, 6.45) is 0. The lowest BCUT2D eigenvalue weighted by atomic mass is 10.2. The Morgan fingerprint density at radius 3 is 2.43 bits per heavy atom. The second kappa shape index (κ2) is 7.24. The van der Waals surface area contributed by atoms with Gasteiger partial charge < -0.3 is 9.73 Å². The molecule has 2 aromatic carbocycles. The van der Waals surface area contributed by atoms with Crippen LogP contribution in [-0.2, 0) is 6.54 Å². The van der Waals surface area contributed by atoms with Crippen LogP contribution >= 0.6 is 0 Å². The van der Waals surface area contributed by atoms with E-state index in [4.69, 9.17) is 4.42 Å². The Labute approximate surface area is 123 Å². The summed E-state index contributed by atoms with van der Waals surface area (Å²) in [7, 11) is 0. The van der Waals surface area contributed by atoms with Crippen LogP contribution in [-0.4, -0.2) is 10.9 Å². The molecule has 0 atom stereocenters. The van der Waals surface area contributed by atoms with Crippen LogP contribution in [0, 0.1) is 0 Å². The summed E-state index contributed by atoms with van der Waals surface area (Å²) in [5.74, 6) is -0.211. The molecule has 0 saturated heterocycles. The van der Waals surface area contributed by atoms with Gasteiger partial charge in [0.1, 0.15) is 5.52 Å². The highest BCUT2D eigenvalue weighted by Gasteiger charge is 2.13. The van der Waals surface area contributed by atoms with Gasteiger partial charge in [-0.05, 0) is 17.7 Å². The molecular weight excluding hydrogens is 264 g/mol. The maximum atomic E-state index is 11.9. The van der Waals surface area contributed by atoms with E-state index in [1.54, 1.807) is 6.07 Å². The summed E-state index contributed by atoms with van der Waals surface area (Å²) in [5.41, 5.74) is 2.34. The summed E-state index contributed by atoms with van der Waals surface area (Å²) in [5, 5.41) is 2.78. The Morgan fingerprint density at radius 1 is 1.05 bits per heavy atom. The number of nitrogens with one attached hydrogen (secondary N) is 1. The molecule has 1 amide bonds. The molecule has 21 heavy (non-hydrogen) atoms. The van der Waals surface area contributed by atoms with Crippen LogP contribution in [0.3, 0.4) is 0 Å².